The van der Waals surface area contributed by atoms with Crippen LogP contribution in [0.1, 0.15) is 37.7 Å². The van der Waals surface area contributed by atoms with Crippen molar-refractivity contribution in [2.75, 3.05) is 34.9 Å². The molecule has 1 aromatic carbocycles. The van der Waals surface area contributed by atoms with E-state index in [-0.39, 0.29) is 24.0 Å². The minimum atomic E-state index is 0. The fourth-order valence-electron chi connectivity index (χ4n) is 4.01. The molecule has 6 heteroatoms. The lowest BCUT2D eigenvalue weighted by atomic mass is 9.65. The van der Waals surface area contributed by atoms with E-state index in [1.165, 1.54) is 32.1 Å². The second-order valence-electron chi connectivity index (χ2n) is 7.42. The van der Waals surface area contributed by atoms with E-state index < -0.39 is 0 Å². The monoisotopic (exact) mass is 473 g/mol. The standard InChI is InChI=1S/C20H31N3O2.HI/c1-21-19(22-14-20(10-5-11-20)16-7-8-16)23(2)13-15-6-9-17(24-3)12-18(15)25-4;/h6,9,12,16H,5,7-8,10-11,13-14H2,1-4H3,(H,21,22);1H. The first-order valence-electron chi connectivity index (χ1n) is 9.24. The smallest absolute Gasteiger partial charge is 0.193 e. The summed E-state index contributed by atoms with van der Waals surface area (Å²) >= 11 is 0. The summed E-state index contributed by atoms with van der Waals surface area (Å²) in [5.41, 5.74) is 1.66. The van der Waals surface area contributed by atoms with Crippen molar-refractivity contribution >= 4 is 29.9 Å². The lowest BCUT2D eigenvalue weighted by Gasteiger charge is -2.43. The van der Waals surface area contributed by atoms with Crippen LogP contribution in [0.4, 0.5) is 0 Å². The Morgan fingerprint density at radius 2 is 2.00 bits per heavy atom. The number of aliphatic imine (C=N–C) groups is 1. The van der Waals surface area contributed by atoms with Gasteiger partial charge in [0.25, 0.3) is 0 Å². The van der Waals surface area contributed by atoms with Crippen LogP contribution in [0.5, 0.6) is 11.5 Å². The number of hydrogen-bond donors (Lipinski definition) is 1. The van der Waals surface area contributed by atoms with Gasteiger partial charge in [-0.15, -0.1) is 24.0 Å². The van der Waals surface area contributed by atoms with Crippen LogP contribution in [0.2, 0.25) is 0 Å². The van der Waals surface area contributed by atoms with Gasteiger partial charge in [-0.25, -0.2) is 0 Å². The summed E-state index contributed by atoms with van der Waals surface area (Å²) in [5, 5.41) is 3.62. The molecule has 0 radical (unpaired) electrons. The molecule has 3 rings (SSSR count). The second-order valence-corrected chi connectivity index (χ2v) is 7.42. The predicted octanol–water partition coefficient (Wildman–Crippen LogP) is 3.91. The first-order valence-corrected chi connectivity index (χ1v) is 9.24. The van der Waals surface area contributed by atoms with E-state index >= 15 is 0 Å². The fourth-order valence-corrected chi connectivity index (χ4v) is 4.01. The first-order chi connectivity index (χ1) is 12.1. The molecule has 0 aromatic heterocycles. The maximum Gasteiger partial charge on any atom is 0.193 e. The number of methoxy groups -OCH3 is 2. The number of hydrogen-bond acceptors (Lipinski definition) is 3. The summed E-state index contributed by atoms with van der Waals surface area (Å²) in [6, 6.07) is 5.95. The molecule has 0 amide bonds. The maximum absolute atomic E-state index is 5.52. The molecule has 2 aliphatic rings. The Morgan fingerprint density at radius 3 is 2.50 bits per heavy atom. The highest BCUT2D eigenvalue weighted by atomic mass is 127. The van der Waals surface area contributed by atoms with Crippen molar-refractivity contribution in [3.05, 3.63) is 23.8 Å². The van der Waals surface area contributed by atoms with Gasteiger partial charge in [0.15, 0.2) is 5.96 Å². The zero-order valence-corrected chi connectivity index (χ0v) is 18.7. The maximum atomic E-state index is 5.52. The highest BCUT2D eigenvalue weighted by Gasteiger charge is 2.48. The van der Waals surface area contributed by atoms with Crippen LogP contribution >= 0.6 is 24.0 Å². The first kappa shape index (κ1) is 21.1. The van der Waals surface area contributed by atoms with Crippen molar-refractivity contribution in [3.8, 4) is 11.5 Å². The lowest BCUT2D eigenvalue weighted by Crippen LogP contribution is -2.47. The van der Waals surface area contributed by atoms with Crippen LogP contribution < -0.4 is 14.8 Å². The molecule has 0 bridgehead atoms. The van der Waals surface area contributed by atoms with Crippen LogP contribution in [-0.2, 0) is 6.54 Å². The number of nitrogens with zero attached hydrogens (tertiary/aromatic N) is 2. The molecule has 2 saturated carbocycles. The topological polar surface area (TPSA) is 46.1 Å². The van der Waals surface area contributed by atoms with Crippen LogP contribution in [0.15, 0.2) is 23.2 Å². The summed E-state index contributed by atoms with van der Waals surface area (Å²) in [4.78, 5) is 6.64. The Labute approximate surface area is 174 Å². The van der Waals surface area contributed by atoms with Crippen molar-refractivity contribution in [1.29, 1.82) is 0 Å². The van der Waals surface area contributed by atoms with Gasteiger partial charge in [-0.05, 0) is 49.1 Å². The van der Waals surface area contributed by atoms with Gasteiger partial charge in [-0.1, -0.05) is 6.42 Å². The zero-order chi connectivity index (χ0) is 17.9. The molecule has 26 heavy (non-hydrogen) atoms. The van der Waals surface area contributed by atoms with Gasteiger partial charge >= 0.3 is 0 Å². The van der Waals surface area contributed by atoms with E-state index in [1.807, 2.05) is 19.2 Å². The van der Waals surface area contributed by atoms with E-state index in [4.69, 9.17) is 9.47 Å². The number of halogens is 1. The fraction of sp³-hybridized carbons (Fsp3) is 0.650. The molecule has 2 fully saturated rings. The average molecular weight is 473 g/mol. The predicted molar refractivity (Wildman–Crippen MR) is 117 cm³/mol. The molecule has 0 spiro atoms. The van der Waals surface area contributed by atoms with Crippen LogP contribution in [0, 0.1) is 11.3 Å². The van der Waals surface area contributed by atoms with Crippen molar-refractivity contribution in [2.45, 2.75) is 38.6 Å². The minimum absolute atomic E-state index is 0. The Kier molecular flexibility index (Phi) is 7.43. The minimum Gasteiger partial charge on any atom is -0.497 e. The molecule has 1 aromatic rings. The molecule has 0 heterocycles. The Bertz CT molecular complexity index is 627. The normalized spacial score (nSPS) is 18.4. The molecule has 1 N–H and O–H groups in total. The van der Waals surface area contributed by atoms with Crippen LogP contribution in [0.3, 0.4) is 0 Å². The summed E-state index contributed by atoms with van der Waals surface area (Å²) in [7, 11) is 7.29. The van der Waals surface area contributed by atoms with Gasteiger partial charge in [-0.2, -0.15) is 0 Å². The summed E-state index contributed by atoms with van der Waals surface area (Å²) in [6.07, 6.45) is 6.96. The van der Waals surface area contributed by atoms with Crippen molar-refractivity contribution in [1.82, 2.24) is 10.2 Å². The van der Waals surface area contributed by atoms with Gasteiger partial charge in [0.2, 0.25) is 0 Å². The molecule has 5 nitrogen and oxygen atoms in total. The molecule has 0 atom stereocenters. The number of ether oxygens (including phenoxy) is 2. The van der Waals surface area contributed by atoms with E-state index in [9.17, 15) is 0 Å². The van der Waals surface area contributed by atoms with Crippen LogP contribution in [0.25, 0.3) is 0 Å². The third-order valence-electron chi connectivity index (χ3n) is 5.87. The summed E-state index contributed by atoms with van der Waals surface area (Å²) in [6.45, 7) is 1.79. The van der Waals surface area contributed by atoms with E-state index in [0.29, 0.717) is 5.41 Å². The van der Waals surface area contributed by atoms with Gasteiger partial charge in [0, 0.05) is 38.8 Å². The second kappa shape index (κ2) is 9.15. The molecule has 146 valence electrons. The Balaban J connectivity index is 0.00000243. The third kappa shape index (κ3) is 4.56. The van der Waals surface area contributed by atoms with Crippen molar-refractivity contribution in [3.63, 3.8) is 0 Å². The molecular weight excluding hydrogens is 441 g/mol. The largest absolute Gasteiger partial charge is 0.497 e. The highest BCUT2D eigenvalue weighted by Crippen LogP contribution is 2.56. The van der Waals surface area contributed by atoms with E-state index in [1.54, 1.807) is 14.2 Å². The lowest BCUT2D eigenvalue weighted by molar-refractivity contribution is 0.105. The molecule has 0 unspecified atom stereocenters. The van der Waals surface area contributed by atoms with Crippen molar-refractivity contribution in [2.24, 2.45) is 16.3 Å². The number of guanidine groups is 1. The summed E-state index contributed by atoms with van der Waals surface area (Å²) in [5.74, 6) is 3.54. The van der Waals surface area contributed by atoms with E-state index in [0.717, 1.165) is 42.0 Å². The van der Waals surface area contributed by atoms with Gasteiger partial charge < -0.3 is 19.7 Å². The van der Waals surface area contributed by atoms with Gasteiger partial charge in [0.05, 0.1) is 14.2 Å². The zero-order valence-electron chi connectivity index (χ0n) is 16.4. The Hall–Kier alpha value is -1.18. The number of benzene rings is 1. The molecular formula is C20H32IN3O2. The number of nitrogens with one attached hydrogen (secondary N) is 1. The Morgan fingerprint density at radius 1 is 1.27 bits per heavy atom. The number of rotatable bonds is 7. The molecule has 0 saturated heterocycles. The average Bonchev–Trinajstić information content (AvgIpc) is 3.42. The van der Waals surface area contributed by atoms with Gasteiger partial charge in [0.1, 0.15) is 11.5 Å². The summed E-state index contributed by atoms with van der Waals surface area (Å²) < 4.78 is 10.8. The SMILES string of the molecule is CN=C(NCC1(C2CC2)CCC1)N(C)Cc1ccc(OC)cc1OC.I. The van der Waals surface area contributed by atoms with Crippen molar-refractivity contribution < 1.29 is 9.47 Å². The third-order valence-corrected chi connectivity index (χ3v) is 5.87. The highest BCUT2D eigenvalue weighted by molar-refractivity contribution is 14.0. The van der Waals surface area contributed by atoms with Crippen LogP contribution in [-0.4, -0.2) is 45.7 Å². The van der Waals surface area contributed by atoms with Gasteiger partial charge in [-0.3, -0.25) is 4.99 Å². The van der Waals surface area contributed by atoms with E-state index in [2.05, 4.69) is 28.3 Å². The molecule has 0 aliphatic heterocycles. The molecule has 2 aliphatic carbocycles. The quantitative estimate of drug-likeness (QED) is 0.371.